The number of hydrogen-bond acceptors (Lipinski definition) is 9. The van der Waals surface area contributed by atoms with Crippen molar-refractivity contribution in [2.75, 3.05) is 18.8 Å². The lowest BCUT2D eigenvalue weighted by Crippen LogP contribution is -2.45. The normalized spacial score (nSPS) is 25.4. The molecule has 2 amide bonds. The van der Waals surface area contributed by atoms with Gasteiger partial charge in [-0.25, -0.2) is 9.98 Å². The molecule has 63 heavy (non-hydrogen) atoms. The number of fused-ring (bicyclic) bond motifs is 4. The molecule has 0 aromatic heterocycles. The van der Waals surface area contributed by atoms with Crippen molar-refractivity contribution in [1.82, 2.24) is 16.0 Å². The van der Waals surface area contributed by atoms with Crippen LogP contribution in [0.4, 0.5) is 0 Å². The van der Waals surface area contributed by atoms with Crippen LogP contribution in [-0.4, -0.2) is 51.6 Å². The van der Waals surface area contributed by atoms with E-state index in [0.29, 0.717) is 31.1 Å². The second kappa shape index (κ2) is 19.2. The molecule has 0 radical (unpaired) electrons. The van der Waals surface area contributed by atoms with Crippen LogP contribution in [0.5, 0.6) is 11.5 Å². The molecule has 3 aliphatic carbocycles. The standard InChI is InChI=1S/C27H29BrN2O2S.C22H22BrN3O2.HI.H3N/c28-21-10-11-23-22(16-21)27(17-24(32-23)20-4-2-1-3-5-20)25(31)30(14-12-18-6-7-18)26(29-27)33-15-13-19-8-9-19;23-16-8-9-18-17(12-16)22(13-19(28-18)15-4-2-1-3-5-15)20(27)26(21(24)25-22)11-10-14-6-7-14;;/h1-5,10-11,16,18-19,24H,6-9,12-15,17H2;1-5,8-9,12,14,19H,6-7,10-11,13H2,(H2,24,25);1H;1H3. The quantitative estimate of drug-likeness (QED) is 0.142. The second-order valence-electron chi connectivity index (χ2n) is 17.8. The first-order chi connectivity index (χ1) is 29.7. The fourth-order valence-electron chi connectivity index (χ4n) is 9.22. The monoisotopic (exact) mass is 1110 g/mol. The van der Waals surface area contributed by atoms with Gasteiger partial charge in [0.05, 0.1) is 0 Å². The first-order valence-electron chi connectivity index (χ1n) is 21.9. The molecule has 11 rings (SSSR count). The van der Waals surface area contributed by atoms with Crippen LogP contribution < -0.4 is 21.4 Å². The summed E-state index contributed by atoms with van der Waals surface area (Å²) in [6.07, 6.45) is 11.6. The van der Waals surface area contributed by atoms with Crippen molar-refractivity contribution in [3.05, 3.63) is 128 Å². The van der Waals surface area contributed by atoms with Crippen molar-refractivity contribution in [2.45, 2.75) is 93.9 Å². The van der Waals surface area contributed by atoms with E-state index in [1.165, 1.54) is 44.9 Å². The van der Waals surface area contributed by atoms with Crippen molar-refractivity contribution in [3.63, 3.8) is 0 Å². The summed E-state index contributed by atoms with van der Waals surface area (Å²) in [5.74, 6) is 5.30. The number of hydrogen-bond donors (Lipinski definition) is 2. The maximum Gasteiger partial charge on any atom is 0.262 e. The average molecular weight is 1110 g/mol. The molecule has 5 N–H and O–H groups in total. The van der Waals surface area contributed by atoms with Gasteiger partial charge in [0, 0.05) is 51.8 Å². The highest BCUT2D eigenvalue weighted by molar-refractivity contribution is 14.0. The van der Waals surface area contributed by atoms with Crippen molar-refractivity contribution in [3.8, 4) is 11.5 Å². The summed E-state index contributed by atoms with van der Waals surface area (Å²) in [5.41, 5.74) is 8.13. The third kappa shape index (κ3) is 9.62. The summed E-state index contributed by atoms with van der Waals surface area (Å²) in [6.45, 7) is 1.42. The highest BCUT2D eigenvalue weighted by Crippen LogP contribution is 2.53. The first kappa shape index (κ1) is 46.1. The molecule has 14 heteroatoms. The molecule has 10 nitrogen and oxygen atoms in total. The van der Waals surface area contributed by atoms with Gasteiger partial charge in [-0.3, -0.25) is 19.4 Å². The topological polar surface area (TPSA) is 145 Å². The fourth-order valence-corrected chi connectivity index (χ4v) is 11.1. The predicted molar refractivity (Wildman–Crippen MR) is 268 cm³/mol. The Balaban J connectivity index is 0.000000170. The molecule has 4 heterocycles. The number of nitrogens with two attached hydrogens (primary N) is 1. The molecule has 2 spiro atoms. The van der Waals surface area contributed by atoms with E-state index in [0.717, 1.165) is 85.0 Å². The molecular formula is C49H55Br2IN6O4S. The Morgan fingerprint density at radius 1 is 0.635 bits per heavy atom. The summed E-state index contributed by atoms with van der Waals surface area (Å²) in [7, 11) is 0. The number of nitrogens with zero attached hydrogens (tertiary/aromatic N) is 4. The van der Waals surface area contributed by atoms with Crippen molar-refractivity contribution in [1.29, 1.82) is 0 Å². The minimum Gasteiger partial charge on any atom is -0.485 e. The fraction of sp³-hybridized carbons (Fsp3) is 0.429. The highest BCUT2D eigenvalue weighted by atomic mass is 127. The molecule has 0 bridgehead atoms. The number of benzene rings is 4. The van der Waals surface area contributed by atoms with Gasteiger partial charge in [0.2, 0.25) is 0 Å². The summed E-state index contributed by atoms with van der Waals surface area (Å²) in [4.78, 5) is 41.6. The van der Waals surface area contributed by atoms with Gasteiger partial charge in [-0.2, -0.15) is 0 Å². The average Bonchev–Trinajstić information content (AvgIpc) is 4.15. The zero-order valence-electron chi connectivity index (χ0n) is 35.3. The smallest absolute Gasteiger partial charge is 0.262 e. The molecular weight excluding hydrogens is 1060 g/mol. The van der Waals surface area contributed by atoms with E-state index in [4.69, 9.17) is 25.2 Å². The van der Waals surface area contributed by atoms with Crippen LogP contribution in [-0.2, 0) is 20.7 Å². The number of carbonyl (C=O) groups excluding carboxylic acids is 2. The van der Waals surface area contributed by atoms with Crippen molar-refractivity contribution in [2.24, 2.45) is 33.5 Å². The molecule has 4 atom stereocenters. The molecule has 4 aromatic rings. The lowest BCUT2D eigenvalue weighted by atomic mass is 9.80. The van der Waals surface area contributed by atoms with E-state index in [1.54, 1.807) is 16.7 Å². The van der Waals surface area contributed by atoms with Crippen LogP contribution in [0, 0.1) is 17.8 Å². The summed E-state index contributed by atoms with van der Waals surface area (Å²) < 4.78 is 14.6. The molecule has 3 saturated carbocycles. The Morgan fingerprint density at radius 3 is 1.57 bits per heavy atom. The number of halogens is 3. The number of ether oxygens (including phenoxy) is 2. The number of guanidine groups is 1. The predicted octanol–water partition coefficient (Wildman–Crippen LogP) is 11.6. The van der Waals surface area contributed by atoms with E-state index in [9.17, 15) is 9.59 Å². The molecule has 4 unspecified atom stereocenters. The van der Waals surface area contributed by atoms with E-state index >= 15 is 0 Å². The number of aliphatic imine (C=N–C) groups is 2. The summed E-state index contributed by atoms with van der Waals surface area (Å²) in [5, 5.41) is 0.918. The molecule has 4 aromatic carbocycles. The van der Waals surface area contributed by atoms with Crippen LogP contribution in [0.25, 0.3) is 0 Å². The molecule has 7 aliphatic rings. The minimum absolute atomic E-state index is 0. The number of amides is 2. The van der Waals surface area contributed by atoms with E-state index in [-0.39, 0.29) is 54.1 Å². The van der Waals surface area contributed by atoms with Gasteiger partial charge in [-0.15, -0.1) is 24.0 Å². The zero-order valence-corrected chi connectivity index (χ0v) is 41.6. The van der Waals surface area contributed by atoms with Crippen LogP contribution in [0.1, 0.15) is 105 Å². The summed E-state index contributed by atoms with van der Waals surface area (Å²) in [6, 6.07) is 32.0. The van der Waals surface area contributed by atoms with Gasteiger partial charge in [0.15, 0.2) is 22.2 Å². The van der Waals surface area contributed by atoms with Gasteiger partial charge in [0.25, 0.3) is 11.8 Å². The van der Waals surface area contributed by atoms with Crippen LogP contribution in [0.3, 0.4) is 0 Å². The van der Waals surface area contributed by atoms with Crippen LogP contribution in [0.2, 0.25) is 0 Å². The van der Waals surface area contributed by atoms with Gasteiger partial charge in [-0.1, -0.05) is 143 Å². The molecule has 332 valence electrons. The van der Waals surface area contributed by atoms with Crippen molar-refractivity contribution < 1.29 is 19.1 Å². The SMILES string of the molecule is I.N.NC1=NC2(CC(c3ccccc3)Oc3ccc(Br)cc32)C(=O)N1CCC1CC1.O=C1N(CCC2CC2)C(SCCC2CC2)=NC12CC(c1ccccc1)Oc1ccc(Br)cc12. The Bertz CT molecular complexity index is 2380. The van der Waals surface area contributed by atoms with E-state index in [1.807, 2.05) is 89.8 Å². The third-order valence-electron chi connectivity index (χ3n) is 13.3. The lowest BCUT2D eigenvalue weighted by Gasteiger charge is -2.37. The van der Waals surface area contributed by atoms with Gasteiger partial charge in [0.1, 0.15) is 23.7 Å². The maximum atomic E-state index is 14.2. The lowest BCUT2D eigenvalue weighted by molar-refractivity contribution is -0.134. The number of thioether (sulfide) groups is 1. The Hall–Kier alpha value is -3.44. The molecule has 0 saturated heterocycles. The van der Waals surface area contributed by atoms with E-state index < -0.39 is 11.1 Å². The van der Waals surface area contributed by atoms with Gasteiger partial charge in [-0.05, 0) is 84.5 Å². The molecule has 3 fully saturated rings. The van der Waals surface area contributed by atoms with Crippen molar-refractivity contribution >= 4 is 90.5 Å². The maximum absolute atomic E-state index is 14.2. The largest absolute Gasteiger partial charge is 0.485 e. The Labute approximate surface area is 408 Å². The third-order valence-corrected chi connectivity index (χ3v) is 15.3. The van der Waals surface area contributed by atoms with Crippen LogP contribution in [0.15, 0.2) is 116 Å². The molecule has 4 aliphatic heterocycles. The summed E-state index contributed by atoms with van der Waals surface area (Å²) >= 11 is 8.93. The highest BCUT2D eigenvalue weighted by Gasteiger charge is 2.56. The van der Waals surface area contributed by atoms with E-state index in [2.05, 4.69) is 44.0 Å². The Morgan fingerprint density at radius 2 is 1.08 bits per heavy atom. The second-order valence-corrected chi connectivity index (χ2v) is 20.7. The minimum atomic E-state index is -1.02. The Kier molecular flexibility index (Phi) is 14.0. The van der Waals surface area contributed by atoms with Gasteiger partial charge < -0.3 is 21.4 Å². The first-order valence-corrected chi connectivity index (χ1v) is 24.5. The number of rotatable bonds is 11. The van der Waals surface area contributed by atoms with Crippen LogP contribution >= 0.6 is 67.6 Å². The number of carbonyl (C=O) groups is 2. The zero-order chi connectivity index (χ0) is 41.7. The number of amidine groups is 1. The van der Waals surface area contributed by atoms with Gasteiger partial charge >= 0.3 is 0 Å².